The van der Waals surface area contributed by atoms with Crippen LogP contribution in [0.15, 0.2) is 69.4 Å². The van der Waals surface area contributed by atoms with E-state index in [1.54, 1.807) is 11.8 Å². The van der Waals surface area contributed by atoms with Gasteiger partial charge in [-0.05, 0) is 37.6 Å². The monoisotopic (exact) mass is 411 g/mol. The first-order valence-corrected chi connectivity index (χ1v) is 10.7. The van der Waals surface area contributed by atoms with Crippen molar-refractivity contribution in [3.05, 3.63) is 81.8 Å². The predicted octanol–water partition coefficient (Wildman–Crippen LogP) is 4.41. The van der Waals surface area contributed by atoms with E-state index < -0.39 is 0 Å². The van der Waals surface area contributed by atoms with E-state index in [1.165, 1.54) is 17.8 Å². The summed E-state index contributed by atoms with van der Waals surface area (Å²) in [4.78, 5) is 32.4. The Morgan fingerprint density at radius 2 is 1.86 bits per heavy atom. The summed E-state index contributed by atoms with van der Waals surface area (Å²) in [7, 11) is 0. The Morgan fingerprint density at radius 1 is 1.07 bits per heavy atom. The summed E-state index contributed by atoms with van der Waals surface area (Å²) >= 11 is 2.83. The molecule has 0 aliphatic carbocycles. The van der Waals surface area contributed by atoms with Gasteiger partial charge < -0.3 is 10.3 Å². The summed E-state index contributed by atoms with van der Waals surface area (Å²) in [5, 5.41) is 3.35. The van der Waals surface area contributed by atoms with E-state index in [2.05, 4.69) is 15.3 Å². The van der Waals surface area contributed by atoms with Gasteiger partial charge in [0, 0.05) is 22.4 Å². The summed E-state index contributed by atoms with van der Waals surface area (Å²) in [6.07, 6.45) is 0. The number of rotatable bonds is 7. The number of aryl methyl sites for hydroxylation is 2. The van der Waals surface area contributed by atoms with Crippen molar-refractivity contribution in [2.45, 2.75) is 29.7 Å². The summed E-state index contributed by atoms with van der Waals surface area (Å²) in [6, 6.07) is 17.3. The number of carbonyl (C=O) groups excluding carboxylic acids is 1. The molecule has 0 aliphatic heterocycles. The second-order valence-corrected chi connectivity index (χ2v) is 8.31. The third kappa shape index (κ3) is 6.00. The van der Waals surface area contributed by atoms with E-state index in [0.717, 1.165) is 21.7 Å². The van der Waals surface area contributed by atoms with Crippen molar-refractivity contribution in [3.8, 4) is 0 Å². The number of aromatic amines is 1. The van der Waals surface area contributed by atoms with Crippen molar-refractivity contribution in [1.29, 1.82) is 0 Å². The predicted molar refractivity (Wildman–Crippen MR) is 116 cm³/mol. The van der Waals surface area contributed by atoms with Crippen molar-refractivity contribution in [1.82, 2.24) is 9.97 Å². The first-order valence-electron chi connectivity index (χ1n) is 8.77. The fourth-order valence-electron chi connectivity index (χ4n) is 2.57. The Balaban J connectivity index is 1.58. The molecular formula is C21H21N3O2S2. The number of thioether (sulfide) groups is 2. The summed E-state index contributed by atoms with van der Waals surface area (Å²) < 4.78 is 0. The zero-order valence-electron chi connectivity index (χ0n) is 15.7. The molecule has 7 heteroatoms. The molecule has 0 saturated carbocycles. The second kappa shape index (κ2) is 9.61. The maximum absolute atomic E-state index is 12.2. The molecule has 0 saturated heterocycles. The van der Waals surface area contributed by atoms with Crippen LogP contribution in [0.5, 0.6) is 0 Å². The maximum atomic E-state index is 12.2. The fraction of sp³-hybridized carbons (Fsp3) is 0.190. The van der Waals surface area contributed by atoms with Gasteiger partial charge in [0.25, 0.3) is 5.56 Å². The Morgan fingerprint density at radius 3 is 2.61 bits per heavy atom. The lowest BCUT2D eigenvalue weighted by Crippen LogP contribution is -2.16. The van der Waals surface area contributed by atoms with Gasteiger partial charge in [-0.3, -0.25) is 9.59 Å². The highest BCUT2D eigenvalue weighted by Gasteiger charge is 2.09. The van der Waals surface area contributed by atoms with Crippen LogP contribution in [0.4, 0.5) is 5.69 Å². The number of amides is 1. The van der Waals surface area contributed by atoms with Crippen molar-refractivity contribution in [2.75, 3.05) is 11.1 Å². The molecule has 28 heavy (non-hydrogen) atoms. The van der Waals surface area contributed by atoms with Crippen LogP contribution < -0.4 is 10.9 Å². The van der Waals surface area contributed by atoms with Gasteiger partial charge in [0.1, 0.15) is 0 Å². The van der Waals surface area contributed by atoms with Crippen LogP contribution in [-0.2, 0) is 10.5 Å². The number of nitrogens with zero attached hydrogens (tertiary/aromatic N) is 1. The van der Waals surface area contributed by atoms with E-state index in [9.17, 15) is 9.59 Å². The number of anilines is 1. The molecule has 0 spiro atoms. The lowest BCUT2D eigenvalue weighted by atomic mass is 10.1. The molecule has 0 aliphatic rings. The van der Waals surface area contributed by atoms with E-state index in [4.69, 9.17) is 0 Å². The third-order valence-corrected chi connectivity index (χ3v) is 5.82. The van der Waals surface area contributed by atoms with Crippen molar-refractivity contribution in [2.24, 2.45) is 0 Å². The van der Waals surface area contributed by atoms with Gasteiger partial charge in [0.15, 0.2) is 5.16 Å². The standard InChI is InChI=1S/C21H21N3O2S2/c1-14-8-9-18(15(2)10-14)23-20(26)13-28-21-22-16(11-19(25)24-21)12-27-17-6-4-3-5-7-17/h3-11H,12-13H2,1-2H3,(H,23,26)(H,22,24,25). The number of hydrogen-bond donors (Lipinski definition) is 2. The van der Waals surface area contributed by atoms with Gasteiger partial charge in [-0.15, -0.1) is 11.8 Å². The third-order valence-electron chi connectivity index (χ3n) is 3.90. The average Bonchev–Trinajstić information content (AvgIpc) is 2.67. The van der Waals surface area contributed by atoms with Crippen LogP contribution >= 0.6 is 23.5 Å². The van der Waals surface area contributed by atoms with Crippen molar-refractivity contribution in [3.63, 3.8) is 0 Å². The average molecular weight is 412 g/mol. The Kier molecular flexibility index (Phi) is 6.95. The molecule has 2 aromatic carbocycles. The van der Waals surface area contributed by atoms with Crippen LogP contribution in [0, 0.1) is 13.8 Å². The zero-order chi connectivity index (χ0) is 19.9. The number of hydrogen-bond acceptors (Lipinski definition) is 5. The highest BCUT2D eigenvalue weighted by atomic mass is 32.2. The van der Waals surface area contributed by atoms with Gasteiger partial charge in [-0.2, -0.15) is 0 Å². The maximum Gasteiger partial charge on any atom is 0.251 e. The topological polar surface area (TPSA) is 74.8 Å². The van der Waals surface area contributed by atoms with Gasteiger partial charge >= 0.3 is 0 Å². The van der Waals surface area contributed by atoms with Crippen LogP contribution in [0.2, 0.25) is 0 Å². The van der Waals surface area contributed by atoms with E-state index in [-0.39, 0.29) is 17.2 Å². The van der Waals surface area contributed by atoms with Crippen molar-refractivity contribution < 1.29 is 4.79 Å². The lowest BCUT2D eigenvalue weighted by Gasteiger charge is -2.09. The number of aromatic nitrogens is 2. The molecule has 1 aromatic heterocycles. The molecular weight excluding hydrogens is 390 g/mol. The van der Waals surface area contributed by atoms with E-state index in [0.29, 0.717) is 16.6 Å². The molecule has 5 nitrogen and oxygen atoms in total. The molecule has 0 atom stereocenters. The minimum atomic E-state index is -0.212. The summed E-state index contributed by atoms with van der Waals surface area (Å²) in [5.41, 5.74) is 3.44. The van der Waals surface area contributed by atoms with Gasteiger partial charge in [0.05, 0.1) is 11.4 Å². The SMILES string of the molecule is Cc1ccc(NC(=O)CSc2nc(CSc3ccccc3)cc(=O)[nH]2)c(C)c1. The van der Waals surface area contributed by atoms with E-state index >= 15 is 0 Å². The number of H-pyrrole nitrogens is 1. The fourth-order valence-corrected chi connectivity index (χ4v) is 4.08. The molecule has 0 fully saturated rings. The molecule has 2 N–H and O–H groups in total. The molecule has 3 aromatic rings. The number of nitrogens with one attached hydrogen (secondary N) is 2. The number of carbonyl (C=O) groups is 1. The van der Waals surface area contributed by atoms with Gasteiger partial charge in [0.2, 0.25) is 5.91 Å². The van der Waals surface area contributed by atoms with Gasteiger partial charge in [-0.1, -0.05) is 47.7 Å². The molecule has 0 radical (unpaired) electrons. The molecule has 0 unspecified atom stereocenters. The van der Waals surface area contributed by atoms with Crippen LogP contribution in [0.25, 0.3) is 0 Å². The minimum Gasteiger partial charge on any atom is -0.325 e. The quantitative estimate of drug-likeness (QED) is 0.445. The second-order valence-electron chi connectivity index (χ2n) is 6.30. The van der Waals surface area contributed by atoms with Crippen LogP contribution in [0.3, 0.4) is 0 Å². The first-order chi connectivity index (χ1) is 13.5. The van der Waals surface area contributed by atoms with Gasteiger partial charge in [-0.25, -0.2) is 4.98 Å². The minimum absolute atomic E-state index is 0.135. The largest absolute Gasteiger partial charge is 0.325 e. The van der Waals surface area contributed by atoms with Crippen molar-refractivity contribution >= 4 is 35.1 Å². The summed E-state index contributed by atoms with van der Waals surface area (Å²) in [6.45, 7) is 3.97. The number of benzene rings is 2. The Labute approximate surface area is 172 Å². The highest BCUT2D eigenvalue weighted by molar-refractivity contribution is 7.99. The first kappa shape index (κ1) is 20.2. The molecule has 0 bridgehead atoms. The molecule has 3 rings (SSSR count). The zero-order valence-corrected chi connectivity index (χ0v) is 17.3. The Hall–Kier alpha value is -2.51. The smallest absolute Gasteiger partial charge is 0.251 e. The van der Waals surface area contributed by atoms with Crippen LogP contribution in [0.1, 0.15) is 16.8 Å². The molecule has 144 valence electrons. The highest BCUT2D eigenvalue weighted by Crippen LogP contribution is 2.22. The lowest BCUT2D eigenvalue weighted by molar-refractivity contribution is -0.113. The van der Waals surface area contributed by atoms with Crippen LogP contribution in [-0.4, -0.2) is 21.6 Å². The normalized spacial score (nSPS) is 10.6. The molecule has 1 heterocycles. The Bertz CT molecular complexity index is 1020. The summed E-state index contributed by atoms with van der Waals surface area (Å²) in [5.74, 6) is 0.630. The van der Waals surface area contributed by atoms with E-state index in [1.807, 2.05) is 62.4 Å². The molecule has 1 amide bonds.